The van der Waals surface area contributed by atoms with Crippen molar-refractivity contribution in [1.29, 1.82) is 0 Å². The number of carbonyl (C=O) groups is 2. The smallest absolute Gasteiger partial charge is 0.323 e. The number of aromatic nitrogens is 1. The average molecular weight is 385 g/mol. The number of anilines is 1. The zero-order valence-electron chi connectivity index (χ0n) is 15.5. The van der Waals surface area contributed by atoms with Gasteiger partial charge in [0.15, 0.2) is 5.58 Å². The van der Waals surface area contributed by atoms with Crippen molar-refractivity contribution in [2.24, 2.45) is 0 Å². The van der Waals surface area contributed by atoms with Gasteiger partial charge in [-0.15, -0.1) is 0 Å². The second kappa shape index (κ2) is 8.08. The van der Waals surface area contributed by atoms with Gasteiger partial charge in [-0.2, -0.15) is 0 Å². The number of nitrogens with zero attached hydrogens (tertiary/aromatic N) is 2. The van der Waals surface area contributed by atoms with Gasteiger partial charge >= 0.3 is 12.0 Å². The Kier molecular flexibility index (Phi) is 5.58. The van der Waals surface area contributed by atoms with Crippen LogP contribution in [0.15, 0.2) is 40.8 Å². The monoisotopic (exact) mass is 385 g/mol. The highest BCUT2D eigenvalue weighted by molar-refractivity contribution is 5.91. The first-order valence-electron chi connectivity index (χ1n) is 8.82. The first-order chi connectivity index (χ1) is 13.4. The molecular weight excluding hydrogens is 365 g/mol. The lowest BCUT2D eigenvalue weighted by atomic mass is 10.2. The third-order valence-corrected chi connectivity index (χ3v) is 4.11. The summed E-state index contributed by atoms with van der Waals surface area (Å²) in [6.07, 6.45) is 0.583. The van der Waals surface area contributed by atoms with E-state index in [9.17, 15) is 14.0 Å². The van der Waals surface area contributed by atoms with E-state index in [1.807, 2.05) is 26.0 Å². The van der Waals surface area contributed by atoms with E-state index in [-0.39, 0.29) is 18.1 Å². The number of urea groups is 1. The molecule has 0 unspecified atom stereocenters. The number of nitrogens with one attached hydrogen (secondary N) is 1. The predicted molar refractivity (Wildman–Crippen MR) is 103 cm³/mol. The number of benzene rings is 2. The first-order valence-corrected chi connectivity index (χ1v) is 8.82. The second-order valence-corrected chi connectivity index (χ2v) is 6.43. The molecule has 0 bridgehead atoms. The minimum Gasteiger partial charge on any atom is -0.480 e. The Morgan fingerprint density at radius 1 is 1.25 bits per heavy atom. The number of carboxylic acids is 1. The van der Waals surface area contributed by atoms with Gasteiger partial charge in [0, 0.05) is 12.1 Å². The largest absolute Gasteiger partial charge is 0.480 e. The first kappa shape index (κ1) is 19.3. The Morgan fingerprint density at radius 3 is 2.71 bits per heavy atom. The minimum absolute atomic E-state index is 0.0489. The second-order valence-electron chi connectivity index (χ2n) is 6.43. The minimum atomic E-state index is -1.13. The molecule has 146 valence electrons. The van der Waals surface area contributed by atoms with Crippen LogP contribution in [0.5, 0.6) is 0 Å². The molecule has 0 aliphatic carbocycles. The maximum atomic E-state index is 14.5. The summed E-state index contributed by atoms with van der Waals surface area (Å²) in [5.74, 6) is -1.53. The molecule has 7 nitrogen and oxygen atoms in total. The molecule has 0 saturated carbocycles. The van der Waals surface area contributed by atoms with Crippen molar-refractivity contribution in [3.05, 3.63) is 47.8 Å². The maximum Gasteiger partial charge on any atom is 0.323 e. The number of hydrogen-bond donors (Lipinski definition) is 2. The molecule has 3 rings (SSSR count). The van der Waals surface area contributed by atoms with Gasteiger partial charge in [-0.3, -0.25) is 4.79 Å². The van der Waals surface area contributed by atoms with Gasteiger partial charge in [-0.1, -0.05) is 13.0 Å². The Morgan fingerprint density at radius 2 is 2.04 bits per heavy atom. The zero-order valence-corrected chi connectivity index (χ0v) is 15.5. The van der Waals surface area contributed by atoms with Crippen LogP contribution in [0, 0.1) is 12.7 Å². The van der Waals surface area contributed by atoms with Crippen molar-refractivity contribution in [3.63, 3.8) is 0 Å². The molecule has 8 heteroatoms. The Bertz CT molecular complexity index is 1030. The Hall–Kier alpha value is -3.42. The lowest BCUT2D eigenvalue weighted by Crippen LogP contribution is -2.39. The predicted octanol–water partition coefficient (Wildman–Crippen LogP) is 4.27. The van der Waals surface area contributed by atoms with Crippen molar-refractivity contribution in [3.8, 4) is 11.5 Å². The van der Waals surface area contributed by atoms with Gasteiger partial charge in [0.25, 0.3) is 0 Å². The van der Waals surface area contributed by atoms with E-state index in [1.54, 1.807) is 12.1 Å². The molecule has 2 aromatic carbocycles. The molecule has 1 heterocycles. The maximum absolute atomic E-state index is 14.5. The summed E-state index contributed by atoms with van der Waals surface area (Å²) in [5.41, 5.74) is 2.70. The molecule has 0 radical (unpaired) electrons. The van der Waals surface area contributed by atoms with E-state index >= 15 is 0 Å². The standard InChI is InChI=1S/C20H20FN3O4/c1-3-8-24(11-18(25)26)20(27)23-15-6-5-13(10-14(15)21)19-22-16-9-12(2)4-7-17(16)28-19/h4-7,9-10H,3,8,11H2,1-2H3,(H,23,27)(H,25,26). The molecule has 0 atom stereocenters. The van der Waals surface area contributed by atoms with E-state index in [4.69, 9.17) is 9.52 Å². The summed E-state index contributed by atoms with van der Waals surface area (Å²) < 4.78 is 20.2. The fourth-order valence-corrected chi connectivity index (χ4v) is 2.79. The molecule has 28 heavy (non-hydrogen) atoms. The summed E-state index contributed by atoms with van der Waals surface area (Å²) in [6, 6.07) is 9.10. The Labute approximate surface area is 160 Å². The van der Waals surface area contributed by atoms with Crippen LogP contribution < -0.4 is 5.32 Å². The highest BCUT2D eigenvalue weighted by Gasteiger charge is 2.18. The van der Waals surface area contributed by atoms with Gasteiger partial charge < -0.3 is 19.7 Å². The van der Waals surface area contributed by atoms with Gasteiger partial charge in [-0.25, -0.2) is 14.2 Å². The highest BCUT2D eigenvalue weighted by atomic mass is 19.1. The van der Waals surface area contributed by atoms with Crippen molar-refractivity contribution < 1.29 is 23.5 Å². The van der Waals surface area contributed by atoms with E-state index < -0.39 is 24.4 Å². The van der Waals surface area contributed by atoms with Crippen molar-refractivity contribution in [2.75, 3.05) is 18.4 Å². The lowest BCUT2D eigenvalue weighted by molar-refractivity contribution is -0.137. The highest BCUT2D eigenvalue weighted by Crippen LogP contribution is 2.27. The van der Waals surface area contributed by atoms with Gasteiger partial charge in [0.1, 0.15) is 17.9 Å². The molecular formula is C20H20FN3O4. The fraction of sp³-hybridized carbons (Fsp3) is 0.250. The third kappa shape index (κ3) is 4.28. The summed E-state index contributed by atoms with van der Waals surface area (Å²) in [5, 5.41) is 11.3. The topological polar surface area (TPSA) is 95.7 Å². The summed E-state index contributed by atoms with van der Waals surface area (Å²) in [7, 11) is 0. The summed E-state index contributed by atoms with van der Waals surface area (Å²) >= 11 is 0. The van der Waals surface area contributed by atoms with Crippen molar-refractivity contribution in [1.82, 2.24) is 9.88 Å². The van der Waals surface area contributed by atoms with Crippen molar-refractivity contribution in [2.45, 2.75) is 20.3 Å². The molecule has 2 amide bonds. The van der Waals surface area contributed by atoms with Crippen LogP contribution in [0.2, 0.25) is 0 Å². The Balaban J connectivity index is 1.81. The molecule has 0 fully saturated rings. The molecule has 0 aliphatic heterocycles. The average Bonchev–Trinajstić information content (AvgIpc) is 3.05. The van der Waals surface area contributed by atoms with Gasteiger partial charge in [0.05, 0.1) is 5.69 Å². The number of fused-ring (bicyclic) bond motifs is 1. The number of carboxylic acid groups (broad SMARTS) is 1. The number of rotatable bonds is 6. The van der Waals surface area contributed by atoms with Crippen LogP contribution in [-0.4, -0.2) is 40.1 Å². The third-order valence-electron chi connectivity index (χ3n) is 4.11. The zero-order chi connectivity index (χ0) is 20.3. The molecule has 2 N–H and O–H groups in total. The number of amides is 2. The number of oxazole rings is 1. The van der Waals surface area contributed by atoms with Crippen LogP contribution in [0.3, 0.4) is 0 Å². The lowest BCUT2D eigenvalue weighted by Gasteiger charge is -2.20. The van der Waals surface area contributed by atoms with Gasteiger partial charge in [-0.05, 0) is 49.2 Å². The summed E-state index contributed by atoms with van der Waals surface area (Å²) in [6.45, 7) is 3.55. The van der Waals surface area contributed by atoms with Crippen LogP contribution in [-0.2, 0) is 4.79 Å². The fourth-order valence-electron chi connectivity index (χ4n) is 2.79. The van der Waals surface area contributed by atoms with E-state index in [0.717, 1.165) is 10.5 Å². The molecule has 0 aliphatic rings. The molecule has 0 spiro atoms. The van der Waals surface area contributed by atoms with Crippen LogP contribution in [0.1, 0.15) is 18.9 Å². The molecule has 1 aromatic heterocycles. The van der Waals surface area contributed by atoms with Crippen LogP contribution in [0.25, 0.3) is 22.6 Å². The van der Waals surface area contributed by atoms with E-state index in [2.05, 4.69) is 10.3 Å². The number of carbonyl (C=O) groups excluding carboxylic acids is 1. The van der Waals surface area contributed by atoms with Crippen LogP contribution in [0.4, 0.5) is 14.9 Å². The number of aryl methyl sites for hydroxylation is 1. The number of hydrogen-bond acceptors (Lipinski definition) is 4. The molecule has 0 saturated heterocycles. The van der Waals surface area contributed by atoms with Crippen LogP contribution >= 0.6 is 0 Å². The molecule has 3 aromatic rings. The number of aliphatic carboxylic acids is 1. The van der Waals surface area contributed by atoms with E-state index in [0.29, 0.717) is 23.1 Å². The quantitative estimate of drug-likeness (QED) is 0.661. The van der Waals surface area contributed by atoms with E-state index in [1.165, 1.54) is 12.1 Å². The van der Waals surface area contributed by atoms with Crippen molar-refractivity contribution >= 4 is 28.8 Å². The summed E-state index contributed by atoms with van der Waals surface area (Å²) in [4.78, 5) is 28.6. The normalized spacial score (nSPS) is 10.8. The SMILES string of the molecule is CCCN(CC(=O)O)C(=O)Nc1ccc(-c2nc3cc(C)ccc3o2)cc1F. The van der Waals surface area contributed by atoms with Gasteiger partial charge in [0.2, 0.25) is 5.89 Å². The number of halogens is 1.